The molecule has 0 radical (unpaired) electrons. The first-order valence-electron chi connectivity index (χ1n) is 8.60. The summed E-state index contributed by atoms with van der Waals surface area (Å²) in [4.78, 5) is 13.7. The molecule has 2 aromatic rings. The second-order valence-electron chi connectivity index (χ2n) is 8.39. The van der Waals surface area contributed by atoms with Crippen LogP contribution in [0, 0.1) is 10.8 Å². The van der Waals surface area contributed by atoms with Gasteiger partial charge >= 0.3 is 0 Å². The molecular weight excluding hydrogens is 284 g/mol. The van der Waals surface area contributed by atoms with Crippen molar-refractivity contribution < 1.29 is 0 Å². The van der Waals surface area contributed by atoms with Gasteiger partial charge < -0.3 is 4.98 Å². The maximum absolute atomic E-state index is 5.17. The summed E-state index contributed by atoms with van der Waals surface area (Å²) in [6.45, 7) is 10.8. The van der Waals surface area contributed by atoms with E-state index in [1.165, 1.54) is 42.6 Å². The van der Waals surface area contributed by atoms with Gasteiger partial charge in [-0.2, -0.15) is 0 Å². The van der Waals surface area contributed by atoms with Crippen molar-refractivity contribution >= 4 is 17.1 Å². The monoisotopic (exact) mass is 308 g/mol. The van der Waals surface area contributed by atoms with Crippen LogP contribution in [0.5, 0.6) is 0 Å². The minimum absolute atomic E-state index is 0.284. The van der Waals surface area contributed by atoms with Crippen molar-refractivity contribution in [3.8, 4) is 0 Å². The molecule has 5 heterocycles. The number of nitrogens with zero attached hydrogens (tertiary/aromatic N) is 3. The number of aliphatic imine (C=N–C) groups is 1. The van der Waals surface area contributed by atoms with Crippen molar-refractivity contribution in [2.75, 3.05) is 32.8 Å². The van der Waals surface area contributed by atoms with Crippen LogP contribution >= 0.6 is 0 Å². The molecule has 1 N–H and O–H groups in total. The van der Waals surface area contributed by atoms with Crippen LogP contribution in [-0.2, 0) is 0 Å². The van der Waals surface area contributed by atoms with Crippen LogP contribution in [-0.4, -0.2) is 59.9 Å². The number of piperidine rings is 2. The Balaban J connectivity index is 1.53. The van der Waals surface area contributed by atoms with E-state index < -0.39 is 0 Å². The molecule has 4 heteroatoms. The van der Waals surface area contributed by atoms with Crippen molar-refractivity contribution in [2.45, 2.75) is 19.9 Å². The van der Waals surface area contributed by atoms with E-state index in [9.17, 15) is 0 Å². The highest BCUT2D eigenvalue weighted by molar-refractivity contribution is 5.98. The molecule has 0 aliphatic carbocycles. The molecule has 4 aliphatic rings. The average molecular weight is 308 g/mol. The quantitative estimate of drug-likeness (QED) is 0.865. The maximum Gasteiger partial charge on any atom is 0.0655 e. The zero-order valence-corrected chi connectivity index (χ0v) is 13.9. The summed E-state index contributed by atoms with van der Waals surface area (Å²) in [5.74, 6) is 0. The Kier molecular flexibility index (Phi) is 2.67. The van der Waals surface area contributed by atoms with E-state index in [1.54, 1.807) is 0 Å². The largest absolute Gasteiger partial charge is 0.361 e. The van der Waals surface area contributed by atoms with Crippen LogP contribution in [0.25, 0.3) is 10.9 Å². The zero-order chi connectivity index (χ0) is 15.7. The van der Waals surface area contributed by atoms with Crippen molar-refractivity contribution in [3.63, 3.8) is 0 Å². The molecule has 4 aliphatic heterocycles. The first kappa shape index (κ1) is 13.8. The molecular formula is C19H24N4. The minimum Gasteiger partial charge on any atom is -0.361 e. The van der Waals surface area contributed by atoms with E-state index in [1.807, 2.05) is 6.20 Å². The molecule has 1 aromatic carbocycles. The fourth-order valence-electron chi connectivity index (χ4n) is 5.66. The summed E-state index contributed by atoms with van der Waals surface area (Å²) in [5, 5.41) is 1.27. The molecule has 4 nitrogen and oxygen atoms in total. The summed E-state index contributed by atoms with van der Waals surface area (Å²) in [6, 6.07) is 8.97. The second kappa shape index (κ2) is 4.46. The highest BCUT2D eigenvalue weighted by Gasteiger charge is 2.59. The van der Waals surface area contributed by atoms with Gasteiger partial charge in [0.05, 0.1) is 12.7 Å². The number of nitrogens with one attached hydrogen (secondary N) is 1. The summed E-state index contributed by atoms with van der Waals surface area (Å²) >= 11 is 0. The lowest BCUT2D eigenvalue weighted by molar-refractivity contribution is -0.165. The third-order valence-corrected chi connectivity index (χ3v) is 6.05. The Bertz CT molecular complexity index is 754. The lowest BCUT2D eigenvalue weighted by Crippen LogP contribution is -2.75. The normalized spacial score (nSPS) is 42.1. The van der Waals surface area contributed by atoms with E-state index in [0.29, 0.717) is 6.04 Å². The lowest BCUT2D eigenvalue weighted by atomic mass is 9.60. The van der Waals surface area contributed by atoms with E-state index >= 15 is 0 Å². The number of rotatable bonds is 2. The van der Waals surface area contributed by atoms with Gasteiger partial charge in [-0.05, 0) is 12.1 Å². The molecule has 1 aromatic heterocycles. The Morgan fingerprint density at radius 1 is 1.09 bits per heavy atom. The molecule has 120 valence electrons. The lowest BCUT2D eigenvalue weighted by Gasteiger charge is -2.65. The first-order valence-corrected chi connectivity index (χ1v) is 8.60. The third kappa shape index (κ3) is 1.95. The van der Waals surface area contributed by atoms with Crippen molar-refractivity contribution in [3.05, 3.63) is 36.0 Å². The first-order chi connectivity index (χ1) is 11.1. The Labute approximate surface area is 137 Å². The Morgan fingerprint density at radius 2 is 1.78 bits per heavy atom. The topological polar surface area (TPSA) is 34.6 Å². The highest BCUT2D eigenvalue weighted by Crippen LogP contribution is 2.50. The third-order valence-electron chi connectivity index (χ3n) is 6.05. The van der Waals surface area contributed by atoms with E-state index in [-0.39, 0.29) is 10.8 Å². The second-order valence-corrected chi connectivity index (χ2v) is 8.39. The number of H-pyrrole nitrogens is 1. The van der Waals surface area contributed by atoms with Gasteiger partial charge in [-0.1, -0.05) is 26.0 Å². The molecule has 6 rings (SSSR count). The Morgan fingerprint density at radius 3 is 2.48 bits per heavy atom. The number of fused-ring (bicyclic) bond motifs is 1. The van der Waals surface area contributed by atoms with Crippen LogP contribution in [0.4, 0.5) is 0 Å². The molecule has 4 saturated heterocycles. The minimum atomic E-state index is 0.284. The smallest absolute Gasteiger partial charge is 0.0655 e. The van der Waals surface area contributed by atoms with Crippen LogP contribution in [0.1, 0.15) is 19.4 Å². The molecule has 23 heavy (non-hydrogen) atoms. The van der Waals surface area contributed by atoms with Gasteiger partial charge in [-0.25, -0.2) is 0 Å². The Hall–Kier alpha value is -1.65. The van der Waals surface area contributed by atoms with Gasteiger partial charge in [0.1, 0.15) is 0 Å². The molecule has 0 saturated carbocycles. The van der Waals surface area contributed by atoms with E-state index in [4.69, 9.17) is 4.99 Å². The van der Waals surface area contributed by atoms with Gasteiger partial charge in [-0.3, -0.25) is 14.8 Å². The van der Waals surface area contributed by atoms with E-state index in [2.05, 4.69) is 59.1 Å². The van der Waals surface area contributed by atoms with Crippen molar-refractivity contribution in [2.24, 2.45) is 15.8 Å². The molecule has 0 amide bonds. The summed E-state index contributed by atoms with van der Waals surface area (Å²) < 4.78 is 0. The van der Waals surface area contributed by atoms with E-state index in [0.717, 1.165) is 6.67 Å². The average Bonchev–Trinajstić information content (AvgIpc) is 2.93. The fourth-order valence-corrected chi connectivity index (χ4v) is 5.66. The number of aromatic amines is 1. The highest BCUT2D eigenvalue weighted by atomic mass is 15.4. The van der Waals surface area contributed by atoms with Gasteiger partial charge in [0.25, 0.3) is 0 Å². The molecule has 0 atom stereocenters. The van der Waals surface area contributed by atoms with Crippen LogP contribution in [0.2, 0.25) is 0 Å². The van der Waals surface area contributed by atoms with Crippen molar-refractivity contribution in [1.82, 2.24) is 14.8 Å². The predicted octanol–water partition coefficient (Wildman–Crippen LogP) is 2.57. The van der Waals surface area contributed by atoms with Gasteiger partial charge in [0.2, 0.25) is 0 Å². The summed E-state index contributed by atoms with van der Waals surface area (Å²) in [6.07, 6.45) is 4.14. The van der Waals surface area contributed by atoms with Crippen LogP contribution in [0.15, 0.2) is 35.5 Å². The molecule has 4 fully saturated rings. The molecule has 4 bridgehead atoms. The number of hydrogen-bond donors (Lipinski definition) is 1. The summed E-state index contributed by atoms with van der Waals surface area (Å²) in [5.41, 5.74) is 2.98. The van der Waals surface area contributed by atoms with Crippen molar-refractivity contribution in [1.29, 1.82) is 0 Å². The molecule has 0 unspecified atom stereocenters. The van der Waals surface area contributed by atoms with Crippen LogP contribution in [0.3, 0.4) is 0 Å². The number of benzene rings is 1. The molecule has 0 spiro atoms. The van der Waals surface area contributed by atoms with Gasteiger partial charge in [0, 0.05) is 65.9 Å². The number of aromatic nitrogens is 1. The van der Waals surface area contributed by atoms with Crippen LogP contribution < -0.4 is 0 Å². The van der Waals surface area contributed by atoms with Gasteiger partial charge in [0.15, 0.2) is 0 Å². The predicted molar refractivity (Wildman–Crippen MR) is 93.9 cm³/mol. The fraction of sp³-hybridized carbons (Fsp3) is 0.526. The zero-order valence-electron chi connectivity index (χ0n) is 13.9. The maximum atomic E-state index is 5.17. The SMILES string of the molecule is CC12CN3CN(C1)CC(C)(C3)C2N=Cc1cccc2[nH]ccc12. The number of hydrogen-bond acceptors (Lipinski definition) is 3. The summed E-state index contributed by atoms with van der Waals surface area (Å²) in [7, 11) is 0. The van der Waals surface area contributed by atoms with Gasteiger partial charge in [-0.15, -0.1) is 0 Å². The standard InChI is InChI=1S/C19H24N4/c1-18-9-22-11-19(2,12-23(10-18)13-22)17(18)21-8-14-4-3-5-16-15(14)6-7-20-16/h3-8,17,20H,9-13H2,1-2H3.